The summed E-state index contributed by atoms with van der Waals surface area (Å²) in [5.41, 5.74) is 0. The Labute approximate surface area is 175 Å². The number of unbranched alkanes of at least 4 members (excludes halogenated alkanes) is 1. The highest BCUT2D eigenvalue weighted by molar-refractivity contribution is 14.0. The fraction of sp³-hybridized carbons (Fsp3) is 0.889. The molecule has 0 aliphatic heterocycles. The van der Waals surface area contributed by atoms with Crippen molar-refractivity contribution in [1.29, 1.82) is 0 Å². The molecular formula is C18H37IN4OS. The van der Waals surface area contributed by atoms with E-state index in [-0.39, 0.29) is 29.9 Å². The zero-order valence-corrected chi connectivity index (χ0v) is 19.1. The Morgan fingerprint density at radius 1 is 1.08 bits per heavy atom. The molecule has 7 heteroatoms. The Morgan fingerprint density at radius 2 is 1.80 bits per heavy atom. The molecule has 1 saturated carbocycles. The van der Waals surface area contributed by atoms with E-state index in [0.29, 0.717) is 25.4 Å². The molecule has 25 heavy (non-hydrogen) atoms. The van der Waals surface area contributed by atoms with E-state index in [2.05, 4.69) is 34.1 Å². The lowest BCUT2D eigenvalue weighted by Gasteiger charge is -2.20. The summed E-state index contributed by atoms with van der Waals surface area (Å²) < 4.78 is 0. The van der Waals surface area contributed by atoms with Gasteiger partial charge in [-0.1, -0.05) is 19.3 Å². The van der Waals surface area contributed by atoms with E-state index in [9.17, 15) is 4.79 Å². The zero-order valence-electron chi connectivity index (χ0n) is 15.9. The van der Waals surface area contributed by atoms with Crippen LogP contribution in [-0.2, 0) is 4.79 Å². The first kappa shape index (κ1) is 24.8. The molecule has 1 aliphatic carbocycles. The monoisotopic (exact) mass is 484 g/mol. The minimum atomic E-state index is 0. The van der Waals surface area contributed by atoms with Crippen LogP contribution in [0, 0.1) is 5.92 Å². The largest absolute Gasteiger partial charge is 0.357 e. The SMILES string of the molecule is CCNC(=NCCCCSC)NCCNC(=O)CC1CCCCC1.I. The summed E-state index contributed by atoms with van der Waals surface area (Å²) in [5.74, 6) is 2.85. The minimum Gasteiger partial charge on any atom is -0.357 e. The second kappa shape index (κ2) is 17.2. The maximum absolute atomic E-state index is 12.0. The van der Waals surface area contributed by atoms with E-state index >= 15 is 0 Å². The summed E-state index contributed by atoms with van der Waals surface area (Å²) in [6.45, 7) is 5.14. The van der Waals surface area contributed by atoms with Gasteiger partial charge in [0.2, 0.25) is 5.91 Å². The lowest BCUT2D eigenvalue weighted by atomic mass is 9.87. The Hall–Kier alpha value is -0.180. The Bertz CT molecular complexity index is 363. The molecule has 1 fully saturated rings. The molecule has 0 atom stereocenters. The van der Waals surface area contributed by atoms with Crippen LogP contribution < -0.4 is 16.0 Å². The van der Waals surface area contributed by atoms with Crippen LogP contribution in [0.5, 0.6) is 0 Å². The highest BCUT2D eigenvalue weighted by atomic mass is 127. The average Bonchev–Trinajstić information content (AvgIpc) is 2.59. The number of nitrogens with one attached hydrogen (secondary N) is 3. The molecule has 0 aromatic heterocycles. The third-order valence-electron chi connectivity index (χ3n) is 4.31. The second-order valence-electron chi connectivity index (χ2n) is 6.45. The zero-order chi connectivity index (χ0) is 17.5. The molecule has 1 amide bonds. The van der Waals surface area contributed by atoms with Crippen molar-refractivity contribution in [2.75, 3.05) is 38.2 Å². The van der Waals surface area contributed by atoms with Gasteiger partial charge in [0, 0.05) is 32.6 Å². The van der Waals surface area contributed by atoms with Crippen molar-refractivity contribution in [3.63, 3.8) is 0 Å². The molecule has 0 radical (unpaired) electrons. The quantitative estimate of drug-likeness (QED) is 0.182. The Kier molecular flexibility index (Phi) is 17.1. The molecule has 0 heterocycles. The van der Waals surface area contributed by atoms with Crippen LogP contribution in [0.4, 0.5) is 0 Å². The van der Waals surface area contributed by atoms with Crippen molar-refractivity contribution >= 4 is 47.6 Å². The summed E-state index contributed by atoms with van der Waals surface area (Å²) in [6.07, 6.45) is 11.5. The maximum Gasteiger partial charge on any atom is 0.220 e. The molecule has 1 rings (SSSR count). The lowest BCUT2D eigenvalue weighted by Crippen LogP contribution is -2.41. The molecule has 0 spiro atoms. The van der Waals surface area contributed by atoms with E-state index in [1.54, 1.807) is 0 Å². The van der Waals surface area contributed by atoms with Crippen molar-refractivity contribution in [3.8, 4) is 0 Å². The van der Waals surface area contributed by atoms with E-state index < -0.39 is 0 Å². The van der Waals surface area contributed by atoms with E-state index in [1.807, 2.05) is 11.8 Å². The summed E-state index contributed by atoms with van der Waals surface area (Å²) in [7, 11) is 0. The lowest BCUT2D eigenvalue weighted by molar-refractivity contribution is -0.122. The van der Waals surface area contributed by atoms with Crippen molar-refractivity contribution in [2.45, 2.75) is 58.3 Å². The molecule has 0 aromatic rings. The van der Waals surface area contributed by atoms with Crippen LogP contribution in [0.15, 0.2) is 4.99 Å². The number of carbonyl (C=O) groups excluding carboxylic acids is 1. The summed E-state index contributed by atoms with van der Waals surface area (Å²) >= 11 is 1.88. The van der Waals surface area contributed by atoms with Crippen LogP contribution in [0.2, 0.25) is 0 Å². The number of guanidine groups is 1. The van der Waals surface area contributed by atoms with Gasteiger partial charge in [0.05, 0.1) is 0 Å². The molecule has 0 unspecified atom stereocenters. The Morgan fingerprint density at radius 3 is 2.48 bits per heavy atom. The van der Waals surface area contributed by atoms with Crippen LogP contribution in [0.1, 0.15) is 58.3 Å². The van der Waals surface area contributed by atoms with E-state index in [0.717, 1.165) is 25.5 Å². The molecule has 0 aromatic carbocycles. The number of halogens is 1. The van der Waals surface area contributed by atoms with Crippen molar-refractivity contribution in [1.82, 2.24) is 16.0 Å². The first-order valence-corrected chi connectivity index (χ1v) is 10.9. The molecule has 3 N–H and O–H groups in total. The van der Waals surface area contributed by atoms with Gasteiger partial charge in [-0.05, 0) is 50.5 Å². The van der Waals surface area contributed by atoms with Crippen molar-refractivity contribution in [2.24, 2.45) is 10.9 Å². The molecule has 0 bridgehead atoms. The third kappa shape index (κ3) is 13.7. The van der Waals surface area contributed by atoms with E-state index in [4.69, 9.17) is 0 Å². The first-order valence-electron chi connectivity index (χ1n) is 9.54. The van der Waals surface area contributed by atoms with Gasteiger partial charge in [0.25, 0.3) is 0 Å². The van der Waals surface area contributed by atoms with Gasteiger partial charge in [0.15, 0.2) is 5.96 Å². The van der Waals surface area contributed by atoms with Crippen molar-refractivity contribution in [3.05, 3.63) is 0 Å². The predicted molar refractivity (Wildman–Crippen MR) is 121 cm³/mol. The van der Waals surface area contributed by atoms with Gasteiger partial charge in [-0.2, -0.15) is 11.8 Å². The highest BCUT2D eigenvalue weighted by Crippen LogP contribution is 2.25. The number of rotatable bonds is 11. The topological polar surface area (TPSA) is 65.5 Å². The highest BCUT2D eigenvalue weighted by Gasteiger charge is 2.16. The summed E-state index contributed by atoms with van der Waals surface area (Å²) in [5, 5.41) is 9.56. The molecule has 148 valence electrons. The van der Waals surface area contributed by atoms with Crippen LogP contribution in [0.25, 0.3) is 0 Å². The Balaban J connectivity index is 0.00000576. The van der Waals surface area contributed by atoms with Crippen LogP contribution in [0.3, 0.4) is 0 Å². The fourth-order valence-electron chi connectivity index (χ4n) is 3.00. The number of aliphatic imine (C=N–C) groups is 1. The molecule has 1 aliphatic rings. The number of hydrogen-bond acceptors (Lipinski definition) is 3. The molecule has 5 nitrogen and oxygen atoms in total. The second-order valence-corrected chi connectivity index (χ2v) is 7.43. The van der Waals surface area contributed by atoms with Gasteiger partial charge < -0.3 is 16.0 Å². The predicted octanol–water partition coefficient (Wildman–Crippen LogP) is 3.39. The number of hydrogen-bond donors (Lipinski definition) is 3. The van der Waals surface area contributed by atoms with Crippen molar-refractivity contribution < 1.29 is 4.79 Å². The molecule has 0 saturated heterocycles. The standard InChI is InChI=1S/C18H36N4OS.HI/c1-3-19-18(21-11-7-8-14-24-2)22-13-12-20-17(23)15-16-9-5-4-6-10-16;/h16H,3-15H2,1-2H3,(H,20,23)(H2,19,21,22);1H. The number of carbonyl (C=O) groups is 1. The van der Waals surface area contributed by atoms with Gasteiger partial charge in [-0.25, -0.2) is 0 Å². The van der Waals surface area contributed by atoms with Gasteiger partial charge >= 0.3 is 0 Å². The number of nitrogens with zero attached hydrogens (tertiary/aromatic N) is 1. The van der Waals surface area contributed by atoms with Gasteiger partial charge in [-0.3, -0.25) is 9.79 Å². The normalized spacial score (nSPS) is 15.4. The smallest absolute Gasteiger partial charge is 0.220 e. The van der Waals surface area contributed by atoms with E-state index in [1.165, 1.54) is 44.3 Å². The fourth-order valence-corrected chi connectivity index (χ4v) is 3.49. The minimum absolute atomic E-state index is 0. The van der Waals surface area contributed by atoms with Crippen LogP contribution in [-0.4, -0.2) is 50.1 Å². The first-order chi connectivity index (χ1) is 11.8. The van der Waals surface area contributed by atoms with Gasteiger partial charge in [-0.15, -0.1) is 24.0 Å². The average molecular weight is 484 g/mol. The number of amides is 1. The van der Waals surface area contributed by atoms with Crippen LogP contribution >= 0.6 is 35.7 Å². The van der Waals surface area contributed by atoms with Gasteiger partial charge in [0.1, 0.15) is 0 Å². The summed E-state index contributed by atoms with van der Waals surface area (Å²) in [6, 6.07) is 0. The third-order valence-corrected chi connectivity index (χ3v) is 5.01. The number of thioether (sulfide) groups is 1. The maximum atomic E-state index is 12.0. The molecular weight excluding hydrogens is 447 g/mol. The summed E-state index contributed by atoms with van der Waals surface area (Å²) in [4.78, 5) is 16.5.